The van der Waals surface area contributed by atoms with E-state index in [1.165, 1.54) is 64.2 Å². The van der Waals surface area contributed by atoms with Crippen LogP contribution in [0.5, 0.6) is 0 Å². The van der Waals surface area contributed by atoms with Crippen LogP contribution in [-0.2, 0) is 8.85 Å². The topological polar surface area (TPSA) is 18.5 Å². The average molecular weight is 303 g/mol. The van der Waals surface area contributed by atoms with Gasteiger partial charge in [-0.2, -0.15) is 0 Å². The number of rotatable bonds is 14. The van der Waals surface area contributed by atoms with Crippen molar-refractivity contribution in [1.82, 2.24) is 0 Å². The monoisotopic (exact) mass is 302 g/mol. The van der Waals surface area contributed by atoms with E-state index in [2.05, 4.69) is 33.9 Å². The highest BCUT2D eigenvalue weighted by atomic mass is 28.4. The van der Waals surface area contributed by atoms with Gasteiger partial charge < -0.3 is 8.85 Å². The lowest BCUT2D eigenvalue weighted by Gasteiger charge is -2.29. The van der Waals surface area contributed by atoms with Crippen LogP contribution in [0, 0.1) is 0 Å². The minimum absolute atomic E-state index is 0.413. The zero-order valence-electron chi connectivity index (χ0n) is 14.7. The zero-order valence-corrected chi connectivity index (χ0v) is 15.7. The molecule has 3 heteroatoms. The van der Waals surface area contributed by atoms with Crippen molar-refractivity contribution in [3.63, 3.8) is 0 Å². The Labute approximate surface area is 128 Å². The summed E-state index contributed by atoms with van der Waals surface area (Å²) in [4.78, 5) is 0. The van der Waals surface area contributed by atoms with Crippen molar-refractivity contribution in [2.75, 3.05) is 6.61 Å². The molecule has 0 aliphatic heterocycles. The molecular weight excluding hydrogens is 264 g/mol. The molecule has 0 saturated carbocycles. The summed E-state index contributed by atoms with van der Waals surface area (Å²) in [5, 5.41) is 0. The van der Waals surface area contributed by atoms with Gasteiger partial charge in [-0.15, -0.1) is 0 Å². The van der Waals surface area contributed by atoms with Gasteiger partial charge in [0.15, 0.2) is 0 Å². The molecule has 20 heavy (non-hydrogen) atoms. The molecule has 0 bridgehead atoms. The summed E-state index contributed by atoms with van der Waals surface area (Å²) in [6.45, 7) is 12.0. The van der Waals surface area contributed by atoms with Crippen LogP contribution >= 0.6 is 0 Å². The molecule has 0 saturated heterocycles. The first-order chi connectivity index (χ1) is 9.55. The van der Waals surface area contributed by atoms with Gasteiger partial charge in [0.2, 0.25) is 0 Å². The molecule has 0 amide bonds. The SMILES string of the molecule is CCCCCCCCO[Si](C)(C)OC(CCC)CCC. The Kier molecular flexibility index (Phi) is 12.9. The van der Waals surface area contributed by atoms with Gasteiger partial charge in [-0.1, -0.05) is 65.7 Å². The molecule has 0 rings (SSSR count). The number of hydrogen-bond donors (Lipinski definition) is 0. The van der Waals surface area contributed by atoms with Crippen molar-refractivity contribution in [3.8, 4) is 0 Å². The van der Waals surface area contributed by atoms with Crippen LogP contribution < -0.4 is 0 Å². The van der Waals surface area contributed by atoms with E-state index in [9.17, 15) is 0 Å². The van der Waals surface area contributed by atoms with E-state index in [0.29, 0.717) is 6.10 Å². The highest BCUT2D eigenvalue weighted by Gasteiger charge is 2.27. The normalized spacial score (nSPS) is 12.3. The predicted molar refractivity (Wildman–Crippen MR) is 91.5 cm³/mol. The number of hydrogen-bond acceptors (Lipinski definition) is 2. The summed E-state index contributed by atoms with van der Waals surface area (Å²) in [6, 6.07) is 0. The van der Waals surface area contributed by atoms with E-state index in [1.54, 1.807) is 0 Å². The Morgan fingerprint density at radius 2 is 1.30 bits per heavy atom. The molecule has 122 valence electrons. The molecule has 0 radical (unpaired) electrons. The Morgan fingerprint density at radius 1 is 0.750 bits per heavy atom. The molecule has 0 aliphatic rings. The van der Waals surface area contributed by atoms with Crippen molar-refractivity contribution < 1.29 is 8.85 Å². The highest BCUT2D eigenvalue weighted by molar-refractivity contribution is 6.64. The molecule has 0 unspecified atom stereocenters. The van der Waals surface area contributed by atoms with Crippen molar-refractivity contribution >= 4 is 8.56 Å². The molecule has 0 aromatic rings. The van der Waals surface area contributed by atoms with Crippen LogP contribution in [0.1, 0.15) is 85.0 Å². The van der Waals surface area contributed by atoms with Crippen LogP contribution in [-0.4, -0.2) is 21.3 Å². The van der Waals surface area contributed by atoms with Gasteiger partial charge in [0.1, 0.15) is 0 Å². The standard InChI is InChI=1S/C17H38O2Si/c1-6-9-10-11-12-13-16-18-20(4,5)19-17(14-7-2)15-8-3/h17H,6-16H2,1-5H3. The fourth-order valence-corrected chi connectivity index (χ4v) is 4.28. The first-order valence-corrected chi connectivity index (χ1v) is 11.7. The first kappa shape index (κ1) is 20.1. The van der Waals surface area contributed by atoms with E-state index >= 15 is 0 Å². The molecule has 0 aliphatic carbocycles. The van der Waals surface area contributed by atoms with E-state index in [0.717, 1.165) is 6.61 Å². The molecular formula is C17H38O2Si. The summed E-state index contributed by atoms with van der Waals surface area (Å²) in [7, 11) is -1.92. The molecule has 0 atom stereocenters. The molecule has 0 aromatic heterocycles. The second kappa shape index (κ2) is 12.8. The van der Waals surface area contributed by atoms with Gasteiger partial charge >= 0.3 is 8.56 Å². The lowest BCUT2D eigenvalue weighted by Crippen LogP contribution is -2.39. The molecule has 0 spiro atoms. The van der Waals surface area contributed by atoms with Gasteiger partial charge in [-0.3, -0.25) is 0 Å². The quantitative estimate of drug-likeness (QED) is 0.287. The van der Waals surface area contributed by atoms with Gasteiger partial charge in [0.05, 0.1) is 0 Å². The number of unbranched alkanes of at least 4 members (excludes halogenated alkanes) is 5. The van der Waals surface area contributed by atoms with Crippen LogP contribution in [0.25, 0.3) is 0 Å². The third kappa shape index (κ3) is 11.9. The highest BCUT2D eigenvalue weighted by Crippen LogP contribution is 2.18. The summed E-state index contributed by atoms with van der Waals surface area (Å²) < 4.78 is 12.4. The van der Waals surface area contributed by atoms with E-state index < -0.39 is 8.56 Å². The van der Waals surface area contributed by atoms with E-state index in [1.807, 2.05) is 0 Å². The molecule has 0 aromatic carbocycles. The first-order valence-electron chi connectivity index (χ1n) is 8.87. The summed E-state index contributed by atoms with van der Waals surface area (Å²) >= 11 is 0. The summed E-state index contributed by atoms with van der Waals surface area (Å²) in [5.74, 6) is 0. The Balaban J connectivity index is 3.75. The minimum Gasteiger partial charge on any atom is -0.395 e. The van der Waals surface area contributed by atoms with Crippen molar-refractivity contribution in [1.29, 1.82) is 0 Å². The third-order valence-electron chi connectivity index (χ3n) is 3.62. The zero-order chi connectivity index (χ0) is 15.3. The second-order valence-electron chi connectivity index (χ2n) is 6.33. The fourth-order valence-electron chi connectivity index (χ4n) is 2.54. The average Bonchev–Trinajstić information content (AvgIpc) is 2.38. The van der Waals surface area contributed by atoms with Gasteiger partial charge in [0.25, 0.3) is 0 Å². The van der Waals surface area contributed by atoms with Gasteiger partial charge in [-0.05, 0) is 32.4 Å². The maximum atomic E-state index is 6.28. The molecule has 0 N–H and O–H groups in total. The Morgan fingerprint density at radius 3 is 1.85 bits per heavy atom. The largest absolute Gasteiger partial charge is 0.395 e. The van der Waals surface area contributed by atoms with Crippen LogP contribution in [0.3, 0.4) is 0 Å². The van der Waals surface area contributed by atoms with E-state index in [-0.39, 0.29) is 0 Å². The Hall–Kier alpha value is 0.137. The molecule has 0 heterocycles. The van der Waals surface area contributed by atoms with E-state index in [4.69, 9.17) is 8.85 Å². The van der Waals surface area contributed by atoms with Crippen molar-refractivity contribution in [3.05, 3.63) is 0 Å². The lowest BCUT2D eigenvalue weighted by atomic mass is 10.1. The smallest absolute Gasteiger partial charge is 0.331 e. The van der Waals surface area contributed by atoms with Crippen LogP contribution in [0.4, 0.5) is 0 Å². The van der Waals surface area contributed by atoms with Gasteiger partial charge in [-0.25, -0.2) is 0 Å². The maximum Gasteiger partial charge on any atom is 0.331 e. The second-order valence-corrected chi connectivity index (χ2v) is 9.66. The maximum absolute atomic E-state index is 6.28. The third-order valence-corrected chi connectivity index (χ3v) is 5.42. The lowest BCUT2D eigenvalue weighted by molar-refractivity contribution is 0.106. The summed E-state index contributed by atoms with van der Waals surface area (Å²) in [5.41, 5.74) is 0. The van der Waals surface area contributed by atoms with Crippen molar-refractivity contribution in [2.24, 2.45) is 0 Å². The molecule has 0 fully saturated rings. The minimum atomic E-state index is -1.92. The van der Waals surface area contributed by atoms with Crippen molar-refractivity contribution in [2.45, 2.75) is 104 Å². The van der Waals surface area contributed by atoms with Crippen LogP contribution in [0.2, 0.25) is 13.1 Å². The molecule has 2 nitrogen and oxygen atoms in total. The summed E-state index contributed by atoms with van der Waals surface area (Å²) in [6.07, 6.45) is 13.1. The Bertz CT molecular complexity index is 201. The predicted octanol–water partition coefficient (Wildman–Crippen LogP) is 6.05. The van der Waals surface area contributed by atoms with Gasteiger partial charge in [0, 0.05) is 12.7 Å². The fraction of sp³-hybridized carbons (Fsp3) is 1.00. The van der Waals surface area contributed by atoms with Crippen LogP contribution in [0.15, 0.2) is 0 Å².